The number of hydrogen-bond donors (Lipinski definition) is 1. The summed E-state index contributed by atoms with van der Waals surface area (Å²) in [5.74, 6) is 0.339. The van der Waals surface area contributed by atoms with Gasteiger partial charge in [-0.05, 0) is 84.2 Å². The van der Waals surface area contributed by atoms with E-state index < -0.39 is 6.10 Å². The van der Waals surface area contributed by atoms with Gasteiger partial charge in [-0.3, -0.25) is 0 Å². The summed E-state index contributed by atoms with van der Waals surface area (Å²) in [5.41, 5.74) is 0. The van der Waals surface area contributed by atoms with Crippen molar-refractivity contribution in [1.82, 2.24) is 9.80 Å². The standard InChI is InChI=1S/C18H29FN2O2/c1-20(2)12-5-13-21(3)16-6-4-7-17(18(16)22)23-15-10-8-14(19)9-11-15/h8-11,16-18,22H,4-7,12-13H2,1-3H3/t16-,17+,18+/m0/s1. The summed E-state index contributed by atoms with van der Waals surface area (Å²) in [6, 6.07) is 6.13. The molecule has 130 valence electrons. The van der Waals surface area contributed by atoms with Gasteiger partial charge in [-0.25, -0.2) is 4.39 Å². The van der Waals surface area contributed by atoms with Gasteiger partial charge >= 0.3 is 0 Å². The molecule has 5 heteroatoms. The molecule has 0 aliphatic heterocycles. The molecule has 2 rings (SSSR count). The van der Waals surface area contributed by atoms with Crippen LogP contribution in [0.3, 0.4) is 0 Å². The second-order valence-corrected chi connectivity index (χ2v) is 6.74. The van der Waals surface area contributed by atoms with Gasteiger partial charge in [0.15, 0.2) is 0 Å². The lowest BCUT2D eigenvalue weighted by Gasteiger charge is -2.39. The van der Waals surface area contributed by atoms with Crippen LogP contribution in [0.1, 0.15) is 25.7 Å². The zero-order chi connectivity index (χ0) is 16.8. The molecule has 1 N–H and O–H groups in total. The van der Waals surface area contributed by atoms with Gasteiger partial charge in [-0.2, -0.15) is 0 Å². The van der Waals surface area contributed by atoms with Gasteiger partial charge in [0.1, 0.15) is 23.8 Å². The van der Waals surface area contributed by atoms with Crippen molar-refractivity contribution in [3.63, 3.8) is 0 Å². The van der Waals surface area contributed by atoms with Crippen LogP contribution in [-0.2, 0) is 0 Å². The van der Waals surface area contributed by atoms with E-state index >= 15 is 0 Å². The quantitative estimate of drug-likeness (QED) is 0.835. The van der Waals surface area contributed by atoms with Crippen molar-refractivity contribution < 1.29 is 14.2 Å². The Morgan fingerprint density at radius 1 is 1.13 bits per heavy atom. The highest BCUT2D eigenvalue weighted by molar-refractivity contribution is 5.22. The van der Waals surface area contributed by atoms with Gasteiger partial charge in [-0.15, -0.1) is 0 Å². The maximum Gasteiger partial charge on any atom is 0.126 e. The Morgan fingerprint density at radius 2 is 1.83 bits per heavy atom. The Balaban J connectivity index is 1.89. The Bertz CT molecular complexity index is 467. The Kier molecular flexibility index (Phi) is 6.81. The molecule has 4 nitrogen and oxygen atoms in total. The van der Waals surface area contributed by atoms with E-state index in [0.29, 0.717) is 5.75 Å². The zero-order valence-corrected chi connectivity index (χ0v) is 14.4. The summed E-state index contributed by atoms with van der Waals surface area (Å²) in [6.07, 6.45) is 3.19. The number of hydrogen-bond acceptors (Lipinski definition) is 4. The molecular weight excluding hydrogens is 295 g/mol. The van der Waals surface area contributed by atoms with Crippen molar-refractivity contribution in [2.45, 2.75) is 43.9 Å². The number of halogens is 1. The molecule has 1 aliphatic carbocycles. The molecule has 1 aromatic rings. The van der Waals surface area contributed by atoms with Crippen LogP contribution < -0.4 is 4.74 Å². The average Bonchev–Trinajstić information content (AvgIpc) is 2.51. The van der Waals surface area contributed by atoms with E-state index in [1.807, 2.05) is 0 Å². The van der Waals surface area contributed by atoms with Crippen LogP contribution in [-0.4, -0.2) is 67.4 Å². The van der Waals surface area contributed by atoms with Crippen LogP contribution in [0.5, 0.6) is 5.75 Å². The normalized spacial score (nSPS) is 25.1. The van der Waals surface area contributed by atoms with E-state index in [1.54, 1.807) is 12.1 Å². The van der Waals surface area contributed by atoms with Crippen molar-refractivity contribution in [2.24, 2.45) is 0 Å². The second-order valence-electron chi connectivity index (χ2n) is 6.74. The third kappa shape index (κ3) is 5.44. The van der Waals surface area contributed by atoms with Crippen LogP contribution in [0.2, 0.25) is 0 Å². The molecule has 0 spiro atoms. The Morgan fingerprint density at radius 3 is 2.48 bits per heavy atom. The molecule has 0 heterocycles. The Hall–Kier alpha value is -1.17. The fraction of sp³-hybridized carbons (Fsp3) is 0.667. The summed E-state index contributed by atoms with van der Waals surface area (Å²) in [7, 11) is 6.22. The van der Waals surface area contributed by atoms with Crippen molar-refractivity contribution in [3.05, 3.63) is 30.1 Å². The van der Waals surface area contributed by atoms with Crippen molar-refractivity contribution in [3.8, 4) is 5.75 Å². The summed E-state index contributed by atoms with van der Waals surface area (Å²) in [4.78, 5) is 4.42. The van der Waals surface area contributed by atoms with E-state index in [2.05, 4.69) is 30.9 Å². The molecular formula is C18H29FN2O2. The highest BCUT2D eigenvalue weighted by atomic mass is 19.1. The topological polar surface area (TPSA) is 35.9 Å². The van der Waals surface area contributed by atoms with Gasteiger partial charge in [0.2, 0.25) is 0 Å². The van der Waals surface area contributed by atoms with Gasteiger partial charge in [0, 0.05) is 6.04 Å². The predicted molar refractivity (Wildman–Crippen MR) is 90.3 cm³/mol. The summed E-state index contributed by atoms with van der Waals surface area (Å²) in [5, 5.41) is 10.7. The fourth-order valence-electron chi connectivity index (χ4n) is 3.22. The van der Waals surface area contributed by atoms with E-state index in [4.69, 9.17) is 4.74 Å². The number of ether oxygens (including phenoxy) is 1. The minimum absolute atomic E-state index is 0.122. The summed E-state index contributed by atoms with van der Waals surface area (Å²) >= 11 is 0. The maximum absolute atomic E-state index is 13.0. The first-order valence-corrected chi connectivity index (χ1v) is 8.42. The van der Waals surface area contributed by atoms with Crippen molar-refractivity contribution >= 4 is 0 Å². The van der Waals surface area contributed by atoms with Crippen molar-refractivity contribution in [2.75, 3.05) is 34.2 Å². The smallest absolute Gasteiger partial charge is 0.126 e. The lowest BCUT2D eigenvalue weighted by molar-refractivity contribution is -0.0475. The molecule has 1 aromatic carbocycles. The molecule has 0 radical (unpaired) electrons. The van der Waals surface area contributed by atoms with Gasteiger partial charge < -0.3 is 19.6 Å². The summed E-state index contributed by atoms with van der Waals surface area (Å²) < 4.78 is 18.9. The van der Waals surface area contributed by atoms with Crippen molar-refractivity contribution in [1.29, 1.82) is 0 Å². The molecule has 1 aliphatic rings. The highest BCUT2D eigenvalue weighted by Gasteiger charge is 2.35. The zero-order valence-electron chi connectivity index (χ0n) is 14.4. The molecule has 3 atom stereocenters. The number of nitrogens with zero attached hydrogens (tertiary/aromatic N) is 2. The molecule has 1 fully saturated rings. The number of aliphatic hydroxyl groups is 1. The van der Waals surface area contributed by atoms with E-state index in [0.717, 1.165) is 38.8 Å². The number of aliphatic hydroxyl groups excluding tert-OH is 1. The number of rotatable bonds is 7. The summed E-state index contributed by atoms with van der Waals surface area (Å²) in [6.45, 7) is 2.01. The fourth-order valence-corrected chi connectivity index (χ4v) is 3.22. The van der Waals surface area contributed by atoms with Crippen LogP contribution in [0.4, 0.5) is 4.39 Å². The van der Waals surface area contributed by atoms with E-state index in [1.165, 1.54) is 12.1 Å². The molecule has 23 heavy (non-hydrogen) atoms. The number of likely N-dealkylation sites (N-methyl/N-ethyl adjacent to an activating group) is 1. The average molecular weight is 324 g/mol. The molecule has 0 bridgehead atoms. The van der Waals surface area contributed by atoms with Gasteiger partial charge in [0.25, 0.3) is 0 Å². The van der Waals surface area contributed by atoms with E-state index in [9.17, 15) is 9.50 Å². The van der Waals surface area contributed by atoms with Gasteiger partial charge in [0.05, 0.1) is 0 Å². The lowest BCUT2D eigenvalue weighted by Crippen LogP contribution is -2.52. The minimum atomic E-state index is -0.516. The second kappa shape index (κ2) is 8.62. The SMILES string of the molecule is CN(C)CCCN(C)[C@H]1CCC[C@@H](Oc2ccc(F)cc2)[C@@H]1O. The third-order valence-electron chi connectivity index (χ3n) is 4.55. The van der Waals surface area contributed by atoms with E-state index in [-0.39, 0.29) is 18.0 Å². The van der Waals surface area contributed by atoms with Gasteiger partial charge in [-0.1, -0.05) is 0 Å². The molecule has 0 unspecified atom stereocenters. The first kappa shape index (κ1) is 18.2. The number of benzene rings is 1. The predicted octanol–water partition coefficient (Wildman–Crippen LogP) is 2.37. The monoisotopic (exact) mass is 324 g/mol. The Labute approximate surface area is 138 Å². The first-order chi connectivity index (χ1) is 11.0. The minimum Gasteiger partial charge on any atom is -0.488 e. The van der Waals surface area contributed by atoms with Crippen LogP contribution in [0, 0.1) is 5.82 Å². The molecule has 1 saturated carbocycles. The highest BCUT2D eigenvalue weighted by Crippen LogP contribution is 2.27. The molecule has 0 saturated heterocycles. The first-order valence-electron chi connectivity index (χ1n) is 8.42. The third-order valence-corrected chi connectivity index (χ3v) is 4.55. The lowest BCUT2D eigenvalue weighted by atomic mass is 9.89. The maximum atomic E-state index is 13.0. The molecule has 0 amide bonds. The van der Waals surface area contributed by atoms with Crippen LogP contribution in [0.15, 0.2) is 24.3 Å². The largest absolute Gasteiger partial charge is 0.488 e. The van der Waals surface area contributed by atoms with Crippen LogP contribution in [0.25, 0.3) is 0 Å². The molecule has 0 aromatic heterocycles. The van der Waals surface area contributed by atoms with Crippen LogP contribution >= 0.6 is 0 Å².